The van der Waals surface area contributed by atoms with Crippen LogP contribution in [-0.2, 0) is 12.8 Å². The highest BCUT2D eigenvalue weighted by Crippen LogP contribution is 2.43. The van der Waals surface area contributed by atoms with Crippen LogP contribution in [0.25, 0.3) is 56.3 Å². The molecule has 6 aromatic carbocycles. The number of hydrogen-bond acceptors (Lipinski definition) is 3. The fourth-order valence-corrected chi connectivity index (χ4v) is 6.95. The lowest BCUT2D eigenvalue weighted by molar-refractivity contribution is 0.669. The average molecular weight is 609 g/mol. The molecule has 0 unspecified atom stereocenters. The van der Waals surface area contributed by atoms with Crippen molar-refractivity contribution in [2.24, 2.45) is 0 Å². The van der Waals surface area contributed by atoms with Crippen molar-refractivity contribution in [3.05, 3.63) is 157 Å². The van der Waals surface area contributed by atoms with Crippen LogP contribution in [0.15, 0.2) is 139 Å². The van der Waals surface area contributed by atoms with Crippen LogP contribution < -0.4 is 10.6 Å². The van der Waals surface area contributed by atoms with Gasteiger partial charge in [0.15, 0.2) is 0 Å². The smallest absolute Gasteiger partial charge is 0.135 e. The molecule has 3 nitrogen and oxygen atoms in total. The van der Waals surface area contributed by atoms with Crippen molar-refractivity contribution < 1.29 is 4.42 Å². The van der Waals surface area contributed by atoms with E-state index in [4.69, 9.17) is 4.42 Å². The number of rotatable bonds is 8. The van der Waals surface area contributed by atoms with Crippen LogP contribution in [0.4, 0.5) is 22.7 Å². The van der Waals surface area contributed by atoms with E-state index in [-0.39, 0.29) is 0 Å². The predicted molar refractivity (Wildman–Crippen MR) is 201 cm³/mol. The largest absolute Gasteiger partial charge is 0.456 e. The zero-order valence-corrected chi connectivity index (χ0v) is 26.4. The van der Waals surface area contributed by atoms with Gasteiger partial charge in [0.2, 0.25) is 0 Å². The minimum absolute atomic E-state index is 0.885. The van der Waals surface area contributed by atoms with Crippen molar-refractivity contribution in [1.82, 2.24) is 0 Å². The quantitative estimate of drug-likeness (QED) is 0.180. The molecule has 0 bridgehead atoms. The van der Waals surface area contributed by atoms with Gasteiger partial charge in [0.1, 0.15) is 11.2 Å². The Balaban J connectivity index is 1.38. The molecule has 1 heterocycles. The summed E-state index contributed by atoms with van der Waals surface area (Å²) in [6.45, 7) is 8.16. The first kappa shape index (κ1) is 28.7. The number of furan rings is 1. The van der Waals surface area contributed by atoms with Gasteiger partial charge in [-0.05, 0) is 102 Å². The standard InChI is InChI=1S/C44H36N2O/c1-3-29-13-7-10-18-39(29)45-41-28-42(46-40-19-11-8-14-30(40)4-2)37(27-36(41)33-22-21-31-15-5-6-16-32(31)25-33)34-23-24-44-38(26-34)35-17-9-12-20-43(35)47-44/h3-4,7-14,17-28,45-46H,1-2,5-6,15-16H2. The lowest BCUT2D eigenvalue weighted by Gasteiger charge is -2.22. The maximum atomic E-state index is 6.21. The first-order chi connectivity index (χ1) is 23.2. The van der Waals surface area contributed by atoms with E-state index in [1.54, 1.807) is 0 Å². The normalized spacial score (nSPS) is 12.5. The summed E-state index contributed by atoms with van der Waals surface area (Å²) in [5.74, 6) is 0. The number of hydrogen-bond donors (Lipinski definition) is 2. The van der Waals surface area contributed by atoms with Gasteiger partial charge in [0.25, 0.3) is 0 Å². The number of aryl methyl sites for hydroxylation is 2. The Morgan fingerprint density at radius 3 is 1.77 bits per heavy atom. The molecule has 7 aromatic rings. The molecule has 47 heavy (non-hydrogen) atoms. The third-order valence-electron chi connectivity index (χ3n) is 9.40. The van der Waals surface area contributed by atoms with Gasteiger partial charge in [-0.3, -0.25) is 0 Å². The SMILES string of the molecule is C=Cc1ccccc1Nc1cc(Nc2ccccc2C=C)c(-c2ccc3oc4ccccc4c3c2)cc1-c1ccc2c(c1)CCCC2. The Bertz CT molecular complexity index is 2310. The summed E-state index contributed by atoms with van der Waals surface area (Å²) in [7, 11) is 0. The van der Waals surface area contributed by atoms with Crippen molar-refractivity contribution in [3.63, 3.8) is 0 Å². The van der Waals surface area contributed by atoms with E-state index in [0.29, 0.717) is 0 Å². The van der Waals surface area contributed by atoms with Gasteiger partial charge >= 0.3 is 0 Å². The summed E-state index contributed by atoms with van der Waals surface area (Å²) in [5.41, 5.74) is 15.4. The second-order valence-corrected chi connectivity index (χ2v) is 12.3. The number of anilines is 4. The Kier molecular flexibility index (Phi) is 7.43. The van der Waals surface area contributed by atoms with Gasteiger partial charge in [-0.2, -0.15) is 0 Å². The molecule has 1 aliphatic carbocycles. The Morgan fingerprint density at radius 1 is 0.489 bits per heavy atom. The third-order valence-corrected chi connectivity index (χ3v) is 9.40. The van der Waals surface area contributed by atoms with Gasteiger partial charge in [-0.15, -0.1) is 0 Å². The van der Waals surface area contributed by atoms with Crippen LogP contribution in [0.5, 0.6) is 0 Å². The molecule has 0 saturated carbocycles. The van der Waals surface area contributed by atoms with Gasteiger partial charge in [0.05, 0.1) is 0 Å². The van der Waals surface area contributed by atoms with Crippen molar-refractivity contribution in [2.75, 3.05) is 10.6 Å². The van der Waals surface area contributed by atoms with Crippen LogP contribution in [-0.4, -0.2) is 0 Å². The minimum atomic E-state index is 0.885. The fraction of sp³-hybridized carbons (Fsp3) is 0.0909. The minimum Gasteiger partial charge on any atom is -0.456 e. The highest BCUT2D eigenvalue weighted by molar-refractivity contribution is 6.07. The highest BCUT2D eigenvalue weighted by atomic mass is 16.3. The summed E-state index contributed by atoms with van der Waals surface area (Å²) in [6, 6.07) is 43.0. The second kappa shape index (κ2) is 12.2. The summed E-state index contributed by atoms with van der Waals surface area (Å²) < 4.78 is 6.21. The predicted octanol–water partition coefficient (Wildman–Crippen LogP) is 12.6. The maximum absolute atomic E-state index is 6.21. The topological polar surface area (TPSA) is 37.2 Å². The van der Waals surface area contributed by atoms with Crippen molar-refractivity contribution in [1.29, 1.82) is 0 Å². The molecular weight excluding hydrogens is 572 g/mol. The lowest BCUT2D eigenvalue weighted by atomic mass is 9.87. The van der Waals surface area contributed by atoms with Gasteiger partial charge < -0.3 is 15.1 Å². The monoisotopic (exact) mass is 608 g/mol. The van der Waals surface area contributed by atoms with E-state index in [1.807, 2.05) is 36.4 Å². The van der Waals surface area contributed by atoms with E-state index in [1.165, 1.54) is 29.5 Å². The first-order valence-electron chi connectivity index (χ1n) is 16.4. The maximum Gasteiger partial charge on any atom is 0.135 e. The zero-order valence-electron chi connectivity index (χ0n) is 26.4. The Labute approximate surface area is 275 Å². The molecule has 0 radical (unpaired) electrons. The van der Waals surface area contributed by atoms with Crippen LogP contribution in [0.3, 0.4) is 0 Å². The molecule has 1 aromatic heterocycles. The number of para-hydroxylation sites is 3. The molecule has 0 saturated heterocycles. The molecule has 0 fully saturated rings. The van der Waals surface area contributed by atoms with Crippen LogP contribution in [0.2, 0.25) is 0 Å². The van der Waals surface area contributed by atoms with Crippen LogP contribution in [0.1, 0.15) is 35.1 Å². The van der Waals surface area contributed by atoms with E-state index >= 15 is 0 Å². The third kappa shape index (κ3) is 5.40. The Hall–Kier alpha value is -5.80. The molecule has 2 N–H and O–H groups in total. The molecule has 8 rings (SSSR count). The van der Waals surface area contributed by atoms with Crippen LogP contribution >= 0.6 is 0 Å². The van der Waals surface area contributed by atoms with E-state index in [2.05, 4.69) is 121 Å². The van der Waals surface area contributed by atoms with E-state index < -0.39 is 0 Å². The van der Waals surface area contributed by atoms with Gasteiger partial charge in [0, 0.05) is 44.6 Å². The lowest BCUT2D eigenvalue weighted by Crippen LogP contribution is -2.04. The van der Waals surface area contributed by atoms with Gasteiger partial charge in [-0.1, -0.05) is 104 Å². The highest BCUT2D eigenvalue weighted by Gasteiger charge is 2.19. The molecule has 3 heteroatoms. The fourth-order valence-electron chi connectivity index (χ4n) is 6.95. The number of nitrogens with one attached hydrogen (secondary N) is 2. The van der Waals surface area contributed by atoms with Crippen molar-refractivity contribution in [3.8, 4) is 22.3 Å². The molecule has 0 spiro atoms. The molecule has 0 atom stereocenters. The van der Waals surface area contributed by atoms with Crippen molar-refractivity contribution >= 4 is 56.8 Å². The average Bonchev–Trinajstić information content (AvgIpc) is 3.50. The van der Waals surface area contributed by atoms with Crippen LogP contribution in [0, 0.1) is 0 Å². The number of benzene rings is 6. The van der Waals surface area contributed by atoms with E-state index in [0.717, 1.165) is 85.3 Å². The van der Waals surface area contributed by atoms with Gasteiger partial charge in [-0.25, -0.2) is 0 Å². The summed E-state index contributed by atoms with van der Waals surface area (Å²) in [6.07, 6.45) is 8.58. The number of fused-ring (bicyclic) bond motifs is 4. The van der Waals surface area contributed by atoms with Crippen molar-refractivity contribution in [2.45, 2.75) is 25.7 Å². The summed E-state index contributed by atoms with van der Waals surface area (Å²) in [5, 5.41) is 9.83. The molecule has 228 valence electrons. The molecule has 0 aliphatic heterocycles. The first-order valence-corrected chi connectivity index (χ1v) is 16.4. The molecule has 0 amide bonds. The molecular formula is C44H36N2O. The Morgan fingerprint density at radius 2 is 1.06 bits per heavy atom. The molecule has 1 aliphatic rings. The zero-order chi connectivity index (χ0) is 31.7. The summed E-state index contributed by atoms with van der Waals surface area (Å²) in [4.78, 5) is 0. The second-order valence-electron chi connectivity index (χ2n) is 12.3. The summed E-state index contributed by atoms with van der Waals surface area (Å²) >= 11 is 0. The van der Waals surface area contributed by atoms with E-state index in [9.17, 15) is 0 Å².